The van der Waals surface area contributed by atoms with Crippen LogP contribution in [0.2, 0.25) is 0 Å². The van der Waals surface area contributed by atoms with Crippen LogP contribution in [0.1, 0.15) is 32.6 Å². The number of fused-ring (bicyclic) bond motifs is 2. The third kappa shape index (κ3) is 1.22. The molecule has 90 valence electrons. The van der Waals surface area contributed by atoms with Crippen molar-refractivity contribution in [2.75, 3.05) is 26.2 Å². The Hall–Kier alpha value is -0.770. The van der Waals surface area contributed by atoms with E-state index in [4.69, 9.17) is 5.73 Å². The summed E-state index contributed by atoms with van der Waals surface area (Å²) in [5, 5.41) is 0. The molecule has 0 aromatic rings. The van der Waals surface area contributed by atoms with E-state index in [1.165, 1.54) is 38.8 Å². The van der Waals surface area contributed by atoms with E-state index in [0.717, 1.165) is 19.0 Å². The van der Waals surface area contributed by atoms with E-state index in [1.807, 2.05) is 0 Å². The predicted octanol–water partition coefficient (Wildman–Crippen LogP) is 0.634. The van der Waals surface area contributed by atoms with Crippen LogP contribution in [-0.4, -0.2) is 53.5 Å². The summed E-state index contributed by atoms with van der Waals surface area (Å²) >= 11 is 0. The summed E-state index contributed by atoms with van der Waals surface area (Å²) in [6.07, 6.45) is 5.32. The third-order valence-electron chi connectivity index (χ3n) is 4.71. The fourth-order valence-electron chi connectivity index (χ4n) is 3.96. The van der Waals surface area contributed by atoms with Gasteiger partial charge >= 0.3 is 0 Å². The Bertz CT molecular complexity index is 314. The van der Waals surface area contributed by atoms with Crippen molar-refractivity contribution in [2.24, 2.45) is 10.7 Å². The molecule has 0 aliphatic carbocycles. The minimum atomic E-state index is 0.249. The molecule has 0 aromatic heterocycles. The first-order chi connectivity index (χ1) is 7.78. The molecular formula is C12H22N4. The van der Waals surface area contributed by atoms with Gasteiger partial charge in [-0.3, -0.25) is 9.89 Å². The van der Waals surface area contributed by atoms with Gasteiger partial charge in [-0.2, -0.15) is 0 Å². The highest BCUT2D eigenvalue weighted by Crippen LogP contribution is 2.41. The van der Waals surface area contributed by atoms with Crippen LogP contribution in [0, 0.1) is 0 Å². The van der Waals surface area contributed by atoms with Gasteiger partial charge in [0.1, 0.15) is 0 Å². The van der Waals surface area contributed by atoms with Crippen molar-refractivity contribution < 1.29 is 0 Å². The molecule has 2 N–H and O–H groups in total. The topological polar surface area (TPSA) is 44.9 Å². The minimum Gasteiger partial charge on any atom is -0.370 e. The summed E-state index contributed by atoms with van der Waals surface area (Å²) < 4.78 is 0. The van der Waals surface area contributed by atoms with E-state index < -0.39 is 0 Å². The summed E-state index contributed by atoms with van der Waals surface area (Å²) in [6.45, 7) is 6.64. The fraction of sp³-hybridized carbons (Fsp3) is 0.917. The SMILES string of the molecule is CCN1C(N)=NCC12CCN1CCCCC12. The summed E-state index contributed by atoms with van der Waals surface area (Å²) in [7, 11) is 0. The van der Waals surface area contributed by atoms with Gasteiger partial charge in [-0.1, -0.05) is 6.42 Å². The Morgan fingerprint density at radius 3 is 3.12 bits per heavy atom. The van der Waals surface area contributed by atoms with Gasteiger partial charge in [0.2, 0.25) is 0 Å². The van der Waals surface area contributed by atoms with E-state index >= 15 is 0 Å². The Morgan fingerprint density at radius 1 is 1.44 bits per heavy atom. The zero-order valence-corrected chi connectivity index (χ0v) is 10.2. The average molecular weight is 222 g/mol. The number of rotatable bonds is 1. The van der Waals surface area contributed by atoms with Crippen LogP contribution >= 0.6 is 0 Å². The van der Waals surface area contributed by atoms with Crippen molar-refractivity contribution in [1.29, 1.82) is 0 Å². The van der Waals surface area contributed by atoms with Gasteiger partial charge in [-0.15, -0.1) is 0 Å². The number of hydrogen-bond donors (Lipinski definition) is 1. The number of piperidine rings is 1. The van der Waals surface area contributed by atoms with Crippen LogP contribution in [0.3, 0.4) is 0 Å². The molecule has 0 aromatic carbocycles. The lowest BCUT2D eigenvalue weighted by atomic mass is 9.84. The van der Waals surface area contributed by atoms with Gasteiger partial charge in [0.15, 0.2) is 5.96 Å². The number of likely N-dealkylation sites (N-methyl/N-ethyl adjacent to an activating group) is 1. The highest BCUT2D eigenvalue weighted by molar-refractivity contribution is 5.81. The zero-order chi connectivity index (χ0) is 11.2. The van der Waals surface area contributed by atoms with Gasteiger partial charge in [-0.05, 0) is 32.7 Å². The average Bonchev–Trinajstić information content (AvgIpc) is 2.83. The van der Waals surface area contributed by atoms with E-state index in [1.54, 1.807) is 0 Å². The summed E-state index contributed by atoms with van der Waals surface area (Å²) in [5.41, 5.74) is 6.27. The molecule has 3 rings (SSSR count). The van der Waals surface area contributed by atoms with E-state index in [-0.39, 0.29) is 5.54 Å². The van der Waals surface area contributed by atoms with E-state index in [9.17, 15) is 0 Å². The van der Waals surface area contributed by atoms with Crippen LogP contribution in [0.25, 0.3) is 0 Å². The maximum absolute atomic E-state index is 6.02. The molecular weight excluding hydrogens is 200 g/mol. The second-order valence-electron chi connectivity index (χ2n) is 5.32. The third-order valence-corrected chi connectivity index (χ3v) is 4.71. The lowest BCUT2D eigenvalue weighted by molar-refractivity contribution is 0.0979. The normalized spacial score (nSPS) is 39.2. The van der Waals surface area contributed by atoms with Crippen molar-refractivity contribution in [3.63, 3.8) is 0 Å². The van der Waals surface area contributed by atoms with Crippen LogP contribution < -0.4 is 5.73 Å². The highest BCUT2D eigenvalue weighted by atomic mass is 15.4. The smallest absolute Gasteiger partial charge is 0.191 e. The Balaban J connectivity index is 1.88. The number of nitrogens with zero attached hydrogens (tertiary/aromatic N) is 3. The molecule has 0 radical (unpaired) electrons. The molecule has 0 amide bonds. The number of nitrogens with two attached hydrogens (primary N) is 1. The lowest BCUT2D eigenvalue weighted by Crippen LogP contribution is -2.59. The number of guanidine groups is 1. The van der Waals surface area contributed by atoms with Crippen LogP contribution in [0.15, 0.2) is 4.99 Å². The molecule has 2 atom stereocenters. The fourth-order valence-corrected chi connectivity index (χ4v) is 3.96. The van der Waals surface area contributed by atoms with Crippen LogP contribution in [-0.2, 0) is 0 Å². The summed E-state index contributed by atoms with van der Waals surface area (Å²) in [5.74, 6) is 0.773. The maximum atomic E-state index is 6.02. The Morgan fingerprint density at radius 2 is 2.31 bits per heavy atom. The van der Waals surface area contributed by atoms with Crippen molar-refractivity contribution in [2.45, 2.75) is 44.2 Å². The first kappa shape index (κ1) is 10.4. The standard InChI is InChI=1S/C12H22N4/c1-2-16-11(13)14-9-12(16)6-8-15-7-4-3-5-10(12)15/h10H,2-9H2,1H3,(H2,13,14). The molecule has 2 unspecified atom stereocenters. The molecule has 0 bridgehead atoms. The van der Waals surface area contributed by atoms with Gasteiger partial charge < -0.3 is 10.6 Å². The first-order valence-electron chi connectivity index (χ1n) is 6.59. The number of aliphatic imine (C=N–C) groups is 1. The summed E-state index contributed by atoms with van der Waals surface area (Å²) in [6, 6.07) is 0.700. The molecule has 4 nitrogen and oxygen atoms in total. The van der Waals surface area contributed by atoms with Crippen molar-refractivity contribution in [3.8, 4) is 0 Å². The predicted molar refractivity (Wildman–Crippen MR) is 65.4 cm³/mol. The van der Waals surface area contributed by atoms with Crippen LogP contribution in [0.5, 0.6) is 0 Å². The van der Waals surface area contributed by atoms with Gasteiger partial charge in [0.05, 0.1) is 12.1 Å². The van der Waals surface area contributed by atoms with Gasteiger partial charge in [0.25, 0.3) is 0 Å². The monoisotopic (exact) mass is 222 g/mol. The largest absolute Gasteiger partial charge is 0.370 e. The highest BCUT2D eigenvalue weighted by Gasteiger charge is 2.53. The van der Waals surface area contributed by atoms with E-state index in [0.29, 0.717) is 6.04 Å². The minimum absolute atomic E-state index is 0.249. The molecule has 0 saturated carbocycles. The maximum Gasteiger partial charge on any atom is 0.191 e. The molecule has 2 saturated heterocycles. The van der Waals surface area contributed by atoms with Gasteiger partial charge in [0, 0.05) is 19.1 Å². The second kappa shape index (κ2) is 3.62. The molecule has 1 spiro atoms. The Labute approximate surface area is 97.5 Å². The van der Waals surface area contributed by atoms with Crippen molar-refractivity contribution >= 4 is 5.96 Å². The van der Waals surface area contributed by atoms with E-state index in [2.05, 4.69) is 21.7 Å². The van der Waals surface area contributed by atoms with Crippen LogP contribution in [0.4, 0.5) is 0 Å². The first-order valence-corrected chi connectivity index (χ1v) is 6.59. The molecule has 3 aliphatic rings. The van der Waals surface area contributed by atoms with Crippen molar-refractivity contribution in [3.05, 3.63) is 0 Å². The Kier molecular flexibility index (Phi) is 2.35. The van der Waals surface area contributed by atoms with Crippen molar-refractivity contribution in [1.82, 2.24) is 9.80 Å². The molecule has 2 fully saturated rings. The molecule has 4 heteroatoms. The zero-order valence-electron chi connectivity index (χ0n) is 10.2. The molecule has 16 heavy (non-hydrogen) atoms. The summed E-state index contributed by atoms with van der Waals surface area (Å²) in [4.78, 5) is 9.54. The molecule has 3 heterocycles. The van der Waals surface area contributed by atoms with Gasteiger partial charge in [-0.25, -0.2) is 0 Å². The number of hydrogen-bond acceptors (Lipinski definition) is 4. The second-order valence-corrected chi connectivity index (χ2v) is 5.32. The quantitative estimate of drug-likeness (QED) is 0.708. The lowest BCUT2D eigenvalue weighted by Gasteiger charge is -2.43. The molecule has 3 aliphatic heterocycles.